The van der Waals surface area contributed by atoms with E-state index in [1.165, 1.54) is 0 Å². The first-order valence-electron chi connectivity index (χ1n) is 7.32. The minimum Gasteiger partial charge on any atom is -0.444 e. The fourth-order valence-corrected chi connectivity index (χ4v) is 2.31. The molecule has 1 saturated heterocycles. The van der Waals surface area contributed by atoms with Gasteiger partial charge in [-0.05, 0) is 33.6 Å². The highest BCUT2D eigenvalue weighted by molar-refractivity contribution is 5.87. The van der Waals surface area contributed by atoms with Gasteiger partial charge in [0.1, 0.15) is 11.4 Å². The van der Waals surface area contributed by atoms with Crippen molar-refractivity contribution in [1.29, 1.82) is 0 Å². The summed E-state index contributed by atoms with van der Waals surface area (Å²) in [5, 5.41) is 0. The second kappa shape index (κ2) is 5.35. The number of morpholine rings is 1. The normalized spacial score (nSPS) is 25.2. The molecule has 0 aromatic heterocycles. The third-order valence-corrected chi connectivity index (χ3v) is 3.95. The largest absolute Gasteiger partial charge is 0.444 e. The molecule has 20 heavy (non-hydrogen) atoms. The summed E-state index contributed by atoms with van der Waals surface area (Å²) in [5.74, 6) is 0.238. The van der Waals surface area contributed by atoms with Crippen LogP contribution in [0.3, 0.4) is 0 Å². The molecule has 2 fully saturated rings. The fourth-order valence-electron chi connectivity index (χ4n) is 2.31. The Hall–Kier alpha value is -1.10. The molecule has 1 amide bonds. The molecule has 0 N–H and O–H groups in total. The number of nitrogens with zero attached hydrogens (tertiary/aromatic N) is 1. The minimum absolute atomic E-state index is 0.156. The van der Waals surface area contributed by atoms with Crippen molar-refractivity contribution in [1.82, 2.24) is 4.90 Å². The van der Waals surface area contributed by atoms with Crippen LogP contribution < -0.4 is 0 Å². The van der Waals surface area contributed by atoms with Crippen LogP contribution in [-0.4, -0.2) is 48.2 Å². The average molecular weight is 283 g/mol. The molecule has 2 aliphatic rings. The van der Waals surface area contributed by atoms with Gasteiger partial charge in [0.25, 0.3) is 0 Å². The summed E-state index contributed by atoms with van der Waals surface area (Å²) in [6, 6.07) is -0.191. The van der Waals surface area contributed by atoms with Crippen LogP contribution in [0.1, 0.15) is 47.0 Å². The van der Waals surface area contributed by atoms with Crippen molar-refractivity contribution < 1.29 is 19.1 Å². The summed E-state index contributed by atoms with van der Waals surface area (Å²) in [6.07, 6.45) is 1.95. The lowest BCUT2D eigenvalue weighted by Crippen LogP contribution is -2.51. The van der Waals surface area contributed by atoms with Gasteiger partial charge in [0, 0.05) is 18.4 Å². The molecule has 5 heteroatoms. The van der Waals surface area contributed by atoms with Gasteiger partial charge in [0.15, 0.2) is 0 Å². The van der Waals surface area contributed by atoms with Gasteiger partial charge in [0.05, 0.1) is 19.3 Å². The predicted molar refractivity (Wildman–Crippen MR) is 74.5 cm³/mol. The molecule has 1 unspecified atom stereocenters. The first-order valence-corrected chi connectivity index (χ1v) is 7.32. The molecule has 0 spiro atoms. The van der Waals surface area contributed by atoms with E-state index < -0.39 is 5.60 Å². The molecule has 0 aromatic rings. The Labute approximate surface area is 120 Å². The van der Waals surface area contributed by atoms with Crippen LogP contribution in [0.4, 0.5) is 4.79 Å². The second-order valence-electron chi connectivity index (χ2n) is 7.09. The third kappa shape index (κ3) is 3.72. The molecular formula is C15H25NO4. The van der Waals surface area contributed by atoms with E-state index in [4.69, 9.17) is 9.47 Å². The molecule has 5 nitrogen and oxygen atoms in total. The molecular weight excluding hydrogens is 258 g/mol. The van der Waals surface area contributed by atoms with Crippen LogP contribution in [-0.2, 0) is 14.3 Å². The average Bonchev–Trinajstić information content (AvgIpc) is 3.07. The molecule has 1 atom stereocenters. The SMILES string of the molecule is CC(C)(C)OC(=O)N1CCOCC1CC(=O)C1(C)CC1. The number of hydrogen-bond acceptors (Lipinski definition) is 4. The van der Waals surface area contributed by atoms with Crippen molar-refractivity contribution in [2.75, 3.05) is 19.8 Å². The van der Waals surface area contributed by atoms with Gasteiger partial charge in [-0.1, -0.05) is 6.92 Å². The number of carbonyl (C=O) groups is 2. The molecule has 0 aromatic carbocycles. The topological polar surface area (TPSA) is 55.8 Å². The molecule has 0 radical (unpaired) electrons. The first-order chi connectivity index (χ1) is 9.21. The van der Waals surface area contributed by atoms with E-state index in [0.717, 1.165) is 12.8 Å². The van der Waals surface area contributed by atoms with Crippen molar-refractivity contribution in [3.8, 4) is 0 Å². The number of ether oxygens (including phenoxy) is 2. The van der Waals surface area contributed by atoms with E-state index >= 15 is 0 Å². The summed E-state index contributed by atoms with van der Waals surface area (Å²) in [7, 11) is 0. The Balaban J connectivity index is 1.98. The highest BCUT2D eigenvalue weighted by atomic mass is 16.6. The summed E-state index contributed by atoms with van der Waals surface area (Å²) >= 11 is 0. The zero-order valence-corrected chi connectivity index (χ0v) is 12.9. The van der Waals surface area contributed by atoms with Crippen molar-refractivity contribution >= 4 is 11.9 Å². The van der Waals surface area contributed by atoms with Gasteiger partial charge in [-0.2, -0.15) is 0 Å². The first kappa shape index (κ1) is 15.3. The smallest absolute Gasteiger partial charge is 0.410 e. The highest BCUT2D eigenvalue weighted by Crippen LogP contribution is 2.47. The standard InChI is InChI=1S/C15H25NO4/c1-14(2,3)20-13(18)16-7-8-19-10-11(16)9-12(17)15(4)5-6-15/h11H,5-10H2,1-4H3. The van der Waals surface area contributed by atoms with Gasteiger partial charge >= 0.3 is 6.09 Å². The Kier molecular flexibility index (Phi) is 4.09. The highest BCUT2D eigenvalue weighted by Gasteiger charge is 2.46. The number of hydrogen-bond donors (Lipinski definition) is 0. The van der Waals surface area contributed by atoms with Crippen molar-refractivity contribution in [3.63, 3.8) is 0 Å². The molecule has 1 aliphatic heterocycles. The maximum absolute atomic E-state index is 12.2. The van der Waals surface area contributed by atoms with Crippen LogP contribution in [0.5, 0.6) is 0 Å². The number of amides is 1. The molecule has 2 rings (SSSR count). The van der Waals surface area contributed by atoms with Gasteiger partial charge in [0.2, 0.25) is 0 Å². The van der Waals surface area contributed by atoms with Crippen molar-refractivity contribution in [3.05, 3.63) is 0 Å². The van der Waals surface area contributed by atoms with Crippen molar-refractivity contribution in [2.45, 2.75) is 58.6 Å². The number of ketones is 1. The lowest BCUT2D eigenvalue weighted by molar-refractivity contribution is -0.126. The number of Topliss-reactive ketones (excluding diaryl/α,β-unsaturated/α-hetero) is 1. The van der Waals surface area contributed by atoms with Gasteiger partial charge in [-0.25, -0.2) is 4.79 Å². The zero-order chi connectivity index (χ0) is 15.0. The van der Waals surface area contributed by atoms with Gasteiger partial charge < -0.3 is 14.4 Å². The fraction of sp³-hybridized carbons (Fsp3) is 0.867. The summed E-state index contributed by atoms with van der Waals surface area (Å²) < 4.78 is 10.8. The van der Waals surface area contributed by atoms with E-state index in [-0.39, 0.29) is 23.3 Å². The van der Waals surface area contributed by atoms with Crippen molar-refractivity contribution in [2.24, 2.45) is 5.41 Å². The molecule has 1 aliphatic carbocycles. The van der Waals surface area contributed by atoms with Crippen LogP contribution in [0.15, 0.2) is 0 Å². The molecule has 0 bridgehead atoms. The van der Waals surface area contributed by atoms with Gasteiger partial charge in [-0.15, -0.1) is 0 Å². The summed E-state index contributed by atoms with van der Waals surface area (Å²) in [5.41, 5.74) is -0.677. The monoisotopic (exact) mass is 283 g/mol. The number of carbonyl (C=O) groups excluding carboxylic acids is 2. The summed E-state index contributed by atoms with van der Waals surface area (Å²) in [4.78, 5) is 26.1. The van der Waals surface area contributed by atoms with E-state index in [1.807, 2.05) is 27.7 Å². The lowest BCUT2D eigenvalue weighted by atomic mass is 9.96. The summed E-state index contributed by atoms with van der Waals surface area (Å²) in [6.45, 7) is 8.94. The van der Waals surface area contributed by atoms with E-state index in [0.29, 0.717) is 26.2 Å². The molecule has 114 valence electrons. The Morgan fingerprint density at radius 2 is 2.00 bits per heavy atom. The van der Waals surface area contributed by atoms with Crippen LogP contribution >= 0.6 is 0 Å². The zero-order valence-electron chi connectivity index (χ0n) is 12.9. The Bertz CT molecular complexity index is 395. The minimum atomic E-state index is -0.521. The van der Waals surface area contributed by atoms with Crippen LogP contribution in [0.25, 0.3) is 0 Å². The molecule has 1 saturated carbocycles. The quantitative estimate of drug-likeness (QED) is 0.798. The maximum atomic E-state index is 12.2. The Morgan fingerprint density at radius 1 is 1.35 bits per heavy atom. The van der Waals surface area contributed by atoms with E-state index in [2.05, 4.69) is 0 Å². The second-order valence-corrected chi connectivity index (χ2v) is 7.09. The van der Waals surface area contributed by atoms with Crippen LogP contribution in [0.2, 0.25) is 0 Å². The van der Waals surface area contributed by atoms with E-state index in [9.17, 15) is 9.59 Å². The maximum Gasteiger partial charge on any atom is 0.410 e. The van der Waals surface area contributed by atoms with Crippen LogP contribution in [0, 0.1) is 5.41 Å². The van der Waals surface area contributed by atoms with E-state index in [1.54, 1.807) is 4.90 Å². The Morgan fingerprint density at radius 3 is 2.55 bits per heavy atom. The third-order valence-electron chi connectivity index (χ3n) is 3.95. The lowest BCUT2D eigenvalue weighted by Gasteiger charge is -2.36. The van der Waals surface area contributed by atoms with Gasteiger partial charge in [-0.3, -0.25) is 4.79 Å². The molecule has 1 heterocycles. The number of rotatable bonds is 3. The predicted octanol–water partition coefficient (Wildman–Crippen LogP) is 2.38.